The first-order valence-corrected chi connectivity index (χ1v) is 5.35. The van der Waals surface area contributed by atoms with Crippen LogP contribution in [0.3, 0.4) is 0 Å². The largest absolute Gasteiger partial charge is 0.493 e. The number of carbonyl (C=O) groups is 1. The lowest BCUT2D eigenvalue weighted by Gasteiger charge is -2.13. The zero-order valence-electron chi connectivity index (χ0n) is 10.3. The van der Waals surface area contributed by atoms with Crippen molar-refractivity contribution in [1.29, 1.82) is 0 Å². The molecule has 1 unspecified atom stereocenters. The predicted molar refractivity (Wildman–Crippen MR) is 65.5 cm³/mol. The van der Waals surface area contributed by atoms with Crippen LogP contribution in [-0.2, 0) is 0 Å². The van der Waals surface area contributed by atoms with Crippen LogP contribution in [0.15, 0.2) is 18.2 Å². The van der Waals surface area contributed by atoms with E-state index in [2.05, 4.69) is 5.32 Å². The van der Waals surface area contributed by atoms with Crippen molar-refractivity contribution in [2.45, 2.75) is 13.0 Å². The van der Waals surface area contributed by atoms with Gasteiger partial charge in [-0.2, -0.15) is 0 Å². The first-order chi connectivity index (χ1) is 8.10. The fourth-order valence-electron chi connectivity index (χ4n) is 1.41. The summed E-state index contributed by atoms with van der Waals surface area (Å²) in [6.07, 6.45) is 0. The Morgan fingerprint density at radius 1 is 1.41 bits per heavy atom. The Balaban J connectivity index is 2.92. The molecule has 3 N–H and O–H groups in total. The summed E-state index contributed by atoms with van der Waals surface area (Å²) >= 11 is 0. The lowest BCUT2D eigenvalue weighted by Crippen LogP contribution is -2.35. The molecule has 0 spiro atoms. The van der Waals surface area contributed by atoms with Gasteiger partial charge in [0.05, 0.1) is 19.8 Å². The van der Waals surface area contributed by atoms with Gasteiger partial charge in [0.1, 0.15) is 0 Å². The van der Waals surface area contributed by atoms with E-state index in [1.165, 1.54) is 14.2 Å². The van der Waals surface area contributed by atoms with Gasteiger partial charge in [-0.15, -0.1) is 0 Å². The SMILES string of the molecule is COc1cccc(C(=O)NCC(C)N)c1OC. The molecule has 0 aliphatic carbocycles. The zero-order valence-corrected chi connectivity index (χ0v) is 10.3. The molecule has 1 aromatic carbocycles. The van der Waals surface area contributed by atoms with Gasteiger partial charge in [-0.3, -0.25) is 4.79 Å². The topological polar surface area (TPSA) is 73.6 Å². The van der Waals surface area contributed by atoms with Gasteiger partial charge in [0, 0.05) is 12.6 Å². The zero-order chi connectivity index (χ0) is 12.8. The summed E-state index contributed by atoms with van der Waals surface area (Å²) in [7, 11) is 3.03. The second-order valence-electron chi connectivity index (χ2n) is 3.73. The van der Waals surface area contributed by atoms with E-state index in [0.29, 0.717) is 23.6 Å². The molecule has 94 valence electrons. The van der Waals surface area contributed by atoms with Crippen LogP contribution in [0.2, 0.25) is 0 Å². The summed E-state index contributed by atoms with van der Waals surface area (Å²) in [6, 6.07) is 5.07. The number of methoxy groups -OCH3 is 2. The smallest absolute Gasteiger partial charge is 0.255 e. The lowest BCUT2D eigenvalue weighted by molar-refractivity contribution is 0.0948. The van der Waals surface area contributed by atoms with Crippen LogP contribution >= 0.6 is 0 Å². The lowest BCUT2D eigenvalue weighted by atomic mass is 10.1. The van der Waals surface area contributed by atoms with Crippen LogP contribution < -0.4 is 20.5 Å². The molecule has 1 aromatic rings. The molecular weight excluding hydrogens is 220 g/mol. The number of nitrogens with two attached hydrogens (primary N) is 1. The third-order valence-corrected chi connectivity index (χ3v) is 2.23. The van der Waals surface area contributed by atoms with Crippen LogP contribution in [-0.4, -0.2) is 32.7 Å². The number of rotatable bonds is 5. The number of carbonyl (C=O) groups excluding carboxylic acids is 1. The monoisotopic (exact) mass is 238 g/mol. The molecule has 17 heavy (non-hydrogen) atoms. The van der Waals surface area contributed by atoms with E-state index in [-0.39, 0.29) is 11.9 Å². The van der Waals surface area contributed by atoms with Crippen LogP contribution in [0.1, 0.15) is 17.3 Å². The third kappa shape index (κ3) is 3.35. The Morgan fingerprint density at radius 2 is 2.12 bits per heavy atom. The predicted octanol–water partition coefficient (Wildman–Crippen LogP) is 0.781. The van der Waals surface area contributed by atoms with Crippen molar-refractivity contribution in [3.05, 3.63) is 23.8 Å². The van der Waals surface area contributed by atoms with Crippen LogP contribution in [0.4, 0.5) is 0 Å². The normalized spacial score (nSPS) is 11.8. The van der Waals surface area contributed by atoms with Crippen molar-refractivity contribution in [3.8, 4) is 11.5 Å². The molecule has 0 saturated heterocycles. The van der Waals surface area contributed by atoms with E-state index in [4.69, 9.17) is 15.2 Å². The number of ether oxygens (including phenoxy) is 2. The second-order valence-corrected chi connectivity index (χ2v) is 3.73. The molecule has 0 saturated carbocycles. The van der Waals surface area contributed by atoms with Gasteiger partial charge in [-0.1, -0.05) is 6.07 Å². The Bertz CT molecular complexity index is 391. The number of benzene rings is 1. The quantitative estimate of drug-likeness (QED) is 0.795. The Labute approximate surface area is 101 Å². The highest BCUT2D eigenvalue weighted by atomic mass is 16.5. The Hall–Kier alpha value is -1.75. The maximum atomic E-state index is 11.9. The average molecular weight is 238 g/mol. The van der Waals surface area contributed by atoms with E-state index < -0.39 is 0 Å². The summed E-state index contributed by atoms with van der Waals surface area (Å²) in [6.45, 7) is 2.24. The van der Waals surface area contributed by atoms with Gasteiger partial charge >= 0.3 is 0 Å². The molecule has 5 heteroatoms. The minimum absolute atomic E-state index is 0.0875. The van der Waals surface area contributed by atoms with Crippen LogP contribution in [0, 0.1) is 0 Å². The van der Waals surface area contributed by atoms with Crippen molar-refractivity contribution in [2.75, 3.05) is 20.8 Å². The van der Waals surface area contributed by atoms with E-state index in [1.807, 2.05) is 6.92 Å². The Morgan fingerprint density at radius 3 is 2.65 bits per heavy atom. The number of hydrogen-bond acceptors (Lipinski definition) is 4. The fourth-order valence-corrected chi connectivity index (χ4v) is 1.41. The summed E-state index contributed by atoms with van der Waals surface area (Å²) in [5, 5.41) is 2.72. The Kier molecular flexibility index (Phi) is 4.78. The van der Waals surface area contributed by atoms with E-state index in [0.717, 1.165) is 0 Å². The molecule has 0 aliphatic rings. The van der Waals surface area contributed by atoms with Crippen molar-refractivity contribution < 1.29 is 14.3 Å². The van der Waals surface area contributed by atoms with E-state index in [9.17, 15) is 4.79 Å². The summed E-state index contributed by atoms with van der Waals surface area (Å²) in [4.78, 5) is 11.9. The molecule has 0 radical (unpaired) electrons. The minimum Gasteiger partial charge on any atom is -0.493 e. The molecule has 1 rings (SSSR count). The number of nitrogens with one attached hydrogen (secondary N) is 1. The first kappa shape index (κ1) is 13.3. The van der Waals surface area contributed by atoms with Crippen molar-refractivity contribution in [2.24, 2.45) is 5.73 Å². The molecule has 1 atom stereocenters. The van der Waals surface area contributed by atoms with Gasteiger partial charge in [0.25, 0.3) is 5.91 Å². The molecule has 0 aliphatic heterocycles. The average Bonchev–Trinajstić information content (AvgIpc) is 2.34. The van der Waals surface area contributed by atoms with Gasteiger partial charge in [0.15, 0.2) is 11.5 Å². The highest BCUT2D eigenvalue weighted by Crippen LogP contribution is 2.30. The standard InChI is InChI=1S/C12H18N2O3/c1-8(13)7-14-12(15)9-5-4-6-10(16-2)11(9)17-3/h4-6,8H,7,13H2,1-3H3,(H,14,15). The first-order valence-electron chi connectivity index (χ1n) is 5.35. The molecule has 5 nitrogen and oxygen atoms in total. The highest BCUT2D eigenvalue weighted by Gasteiger charge is 2.15. The summed E-state index contributed by atoms with van der Waals surface area (Å²) in [5.74, 6) is 0.733. The van der Waals surface area contributed by atoms with Crippen LogP contribution in [0.5, 0.6) is 11.5 Å². The van der Waals surface area contributed by atoms with Crippen molar-refractivity contribution in [1.82, 2.24) is 5.32 Å². The van der Waals surface area contributed by atoms with Gasteiger partial charge in [0.2, 0.25) is 0 Å². The number of para-hydroxylation sites is 1. The maximum Gasteiger partial charge on any atom is 0.255 e. The molecule has 0 bridgehead atoms. The highest BCUT2D eigenvalue weighted by molar-refractivity contribution is 5.97. The van der Waals surface area contributed by atoms with Crippen molar-refractivity contribution >= 4 is 5.91 Å². The summed E-state index contributed by atoms with van der Waals surface area (Å²) < 4.78 is 10.3. The number of amides is 1. The van der Waals surface area contributed by atoms with Crippen LogP contribution in [0.25, 0.3) is 0 Å². The summed E-state index contributed by atoms with van der Waals surface area (Å²) in [5.41, 5.74) is 6.01. The fraction of sp³-hybridized carbons (Fsp3) is 0.417. The minimum atomic E-state index is -0.224. The number of hydrogen-bond donors (Lipinski definition) is 2. The molecule has 0 heterocycles. The van der Waals surface area contributed by atoms with E-state index in [1.54, 1.807) is 18.2 Å². The van der Waals surface area contributed by atoms with Gasteiger partial charge in [-0.05, 0) is 19.1 Å². The molecular formula is C12H18N2O3. The van der Waals surface area contributed by atoms with Gasteiger partial charge in [-0.25, -0.2) is 0 Å². The second kappa shape index (κ2) is 6.10. The van der Waals surface area contributed by atoms with E-state index >= 15 is 0 Å². The molecule has 0 aromatic heterocycles. The maximum absolute atomic E-state index is 11.9. The molecule has 0 fully saturated rings. The van der Waals surface area contributed by atoms with Crippen molar-refractivity contribution in [3.63, 3.8) is 0 Å². The third-order valence-electron chi connectivity index (χ3n) is 2.23. The molecule has 1 amide bonds. The van der Waals surface area contributed by atoms with Gasteiger partial charge < -0.3 is 20.5 Å².